The summed E-state index contributed by atoms with van der Waals surface area (Å²) in [5.41, 5.74) is 5.06. The van der Waals surface area contributed by atoms with E-state index in [9.17, 15) is 4.79 Å². The van der Waals surface area contributed by atoms with Crippen LogP contribution >= 0.6 is 0 Å². The van der Waals surface area contributed by atoms with Crippen LogP contribution < -0.4 is 5.56 Å². The van der Waals surface area contributed by atoms with E-state index in [1.807, 2.05) is 10.7 Å². The number of nitrogens with one attached hydrogen (secondary N) is 1. The number of benzene rings is 2. The molecule has 2 aromatic carbocycles. The second kappa shape index (κ2) is 10.8. The van der Waals surface area contributed by atoms with Crippen LogP contribution in [0.25, 0.3) is 10.9 Å². The van der Waals surface area contributed by atoms with Crippen LogP contribution in [0.2, 0.25) is 0 Å². The Morgan fingerprint density at radius 3 is 2.66 bits per heavy atom. The molecular formula is C29H35N7O2. The number of piperazine rings is 1. The van der Waals surface area contributed by atoms with Crippen molar-refractivity contribution in [1.82, 2.24) is 35.0 Å². The molecule has 2 aliphatic heterocycles. The minimum Gasteiger partial charge on any atom is -0.376 e. The fourth-order valence-electron chi connectivity index (χ4n) is 5.78. The van der Waals surface area contributed by atoms with E-state index < -0.39 is 0 Å². The Morgan fingerprint density at radius 2 is 1.89 bits per heavy atom. The molecule has 2 atom stereocenters. The van der Waals surface area contributed by atoms with Crippen molar-refractivity contribution in [3.05, 3.63) is 87.0 Å². The molecule has 4 heterocycles. The summed E-state index contributed by atoms with van der Waals surface area (Å²) >= 11 is 0. The molecule has 6 rings (SSSR count). The Morgan fingerprint density at radius 1 is 1.08 bits per heavy atom. The van der Waals surface area contributed by atoms with Gasteiger partial charge in [-0.3, -0.25) is 14.6 Å². The molecule has 1 N–H and O–H groups in total. The van der Waals surface area contributed by atoms with Crippen LogP contribution in [0.4, 0.5) is 0 Å². The van der Waals surface area contributed by atoms with Crippen molar-refractivity contribution in [2.75, 3.05) is 32.8 Å². The second-order valence-electron chi connectivity index (χ2n) is 10.6. The Hall–Kier alpha value is -3.40. The number of H-pyrrole nitrogens is 1. The fraction of sp³-hybridized carbons (Fsp3) is 0.448. The number of fused-ring (bicyclic) bond motifs is 1. The topological polar surface area (TPSA) is 92.2 Å². The molecule has 0 aliphatic carbocycles. The molecular weight excluding hydrogens is 478 g/mol. The smallest absolute Gasteiger partial charge is 0.253 e. The summed E-state index contributed by atoms with van der Waals surface area (Å²) in [6.07, 6.45) is 2.15. The molecule has 0 amide bonds. The molecule has 0 unspecified atom stereocenters. The normalized spacial score (nSPS) is 19.8. The maximum absolute atomic E-state index is 13.6. The van der Waals surface area contributed by atoms with Gasteiger partial charge < -0.3 is 9.72 Å². The lowest BCUT2D eigenvalue weighted by molar-refractivity contribution is 0.0840. The van der Waals surface area contributed by atoms with Crippen LogP contribution in [0.3, 0.4) is 0 Å². The zero-order valence-corrected chi connectivity index (χ0v) is 22.1. The fourth-order valence-corrected chi connectivity index (χ4v) is 5.78. The van der Waals surface area contributed by atoms with Gasteiger partial charge in [-0.1, -0.05) is 42.5 Å². The summed E-state index contributed by atoms with van der Waals surface area (Å²) < 4.78 is 7.73. The molecule has 2 aliphatic rings. The molecule has 9 nitrogen and oxygen atoms in total. The van der Waals surface area contributed by atoms with E-state index in [2.05, 4.69) is 86.6 Å². The average Bonchev–Trinajstić information content (AvgIpc) is 3.62. The standard InChI is InChI=1S/C29H35N7O2/c1-20-10-11-23-17-25(29(37)30-26(23)21(20)2)27(28-31-32-33-36(28)19-24-9-6-16-38-24)35-14-12-34(13-15-35)18-22-7-4-3-5-8-22/h3-5,7-8,10-11,17,24,27H,6,9,12-16,18-19H2,1-2H3,(H,30,37)/t24-,27-/m1/s1. The van der Waals surface area contributed by atoms with E-state index in [4.69, 9.17) is 4.74 Å². The third-order valence-corrected chi connectivity index (χ3v) is 8.10. The van der Waals surface area contributed by atoms with Gasteiger partial charge in [0.25, 0.3) is 5.56 Å². The number of ether oxygens (including phenoxy) is 1. The lowest BCUT2D eigenvalue weighted by atomic mass is 9.99. The van der Waals surface area contributed by atoms with E-state index in [0.717, 1.165) is 74.2 Å². The van der Waals surface area contributed by atoms with E-state index in [0.29, 0.717) is 17.9 Å². The minimum absolute atomic E-state index is 0.0884. The Balaban J connectivity index is 1.34. The summed E-state index contributed by atoms with van der Waals surface area (Å²) in [7, 11) is 0. The first-order chi connectivity index (χ1) is 18.6. The van der Waals surface area contributed by atoms with Gasteiger partial charge in [0.15, 0.2) is 5.82 Å². The van der Waals surface area contributed by atoms with Gasteiger partial charge in [-0.15, -0.1) is 5.10 Å². The molecule has 0 saturated carbocycles. The number of aromatic amines is 1. The largest absolute Gasteiger partial charge is 0.376 e. The lowest BCUT2D eigenvalue weighted by Crippen LogP contribution is -2.48. The number of hydrogen-bond donors (Lipinski definition) is 1. The summed E-state index contributed by atoms with van der Waals surface area (Å²) in [6, 6.07) is 16.5. The molecule has 2 fully saturated rings. The van der Waals surface area contributed by atoms with Gasteiger partial charge in [0, 0.05) is 44.9 Å². The highest BCUT2D eigenvalue weighted by Gasteiger charge is 2.33. The van der Waals surface area contributed by atoms with Gasteiger partial charge in [0.1, 0.15) is 6.04 Å². The maximum Gasteiger partial charge on any atom is 0.253 e. The summed E-state index contributed by atoms with van der Waals surface area (Å²) in [5.74, 6) is 0.700. The first kappa shape index (κ1) is 24.9. The number of hydrogen-bond acceptors (Lipinski definition) is 7. The maximum atomic E-state index is 13.6. The highest BCUT2D eigenvalue weighted by atomic mass is 16.5. The van der Waals surface area contributed by atoms with E-state index in [-0.39, 0.29) is 17.7 Å². The average molecular weight is 514 g/mol. The molecule has 2 aromatic heterocycles. The first-order valence-corrected chi connectivity index (χ1v) is 13.6. The minimum atomic E-state index is -0.347. The number of aryl methyl sites for hydroxylation is 2. The molecule has 2 saturated heterocycles. The predicted octanol–water partition coefficient (Wildman–Crippen LogP) is 3.22. The number of tetrazole rings is 1. The van der Waals surface area contributed by atoms with E-state index in [1.165, 1.54) is 5.56 Å². The highest BCUT2D eigenvalue weighted by Crippen LogP contribution is 2.29. The molecule has 9 heteroatoms. The van der Waals surface area contributed by atoms with Crippen molar-refractivity contribution in [3.8, 4) is 0 Å². The van der Waals surface area contributed by atoms with Crippen LogP contribution in [0.5, 0.6) is 0 Å². The third-order valence-electron chi connectivity index (χ3n) is 8.10. The van der Waals surface area contributed by atoms with Gasteiger partial charge in [-0.05, 0) is 65.3 Å². The quantitative estimate of drug-likeness (QED) is 0.406. The van der Waals surface area contributed by atoms with Gasteiger partial charge in [0.05, 0.1) is 18.2 Å². The van der Waals surface area contributed by atoms with E-state index in [1.54, 1.807) is 0 Å². The molecule has 0 spiro atoms. The summed E-state index contributed by atoms with van der Waals surface area (Å²) in [6.45, 7) is 9.85. The molecule has 4 aromatic rings. The highest BCUT2D eigenvalue weighted by molar-refractivity contribution is 5.83. The molecule has 0 radical (unpaired) electrons. The third kappa shape index (κ3) is 5.01. The monoisotopic (exact) mass is 513 g/mol. The Kier molecular flexibility index (Phi) is 7.06. The van der Waals surface area contributed by atoms with E-state index >= 15 is 0 Å². The number of pyridine rings is 1. The molecule has 0 bridgehead atoms. The van der Waals surface area contributed by atoms with Crippen LogP contribution in [0.15, 0.2) is 53.3 Å². The van der Waals surface area contributed by atoms with Crippen LogP contribution in [0, 0.1) is 13.8 Å². The lowest BCUT2D eigenvalue weighted by Gasteiger charge is -2.38. The Bertz CT molecular complexity index is 1450. The first-order valence-electron chi connectivity index (χ1n) is 13.6. The van der Waals surface area contributed by atoms with Crippen molar-refractivity contribution < 1.29 is 4.74 Å². The summed E-state index contributed by atoms with van der Waals surface area (Å²) in [5, 5.41) is 13.9. The van der Waals surface area contributed by atoms with Crippen LogP contribution in [-0.4, -0.2) is 73.9 Å². The van der Waals surface area contributed by atoms with Crippen molar-refractivity contribution in [1.29, 1.82) is 0 Å². The molecule has 38 heavy (non-hydrogen) atoms. The van der Waals surface area contributed by atoms with Crippen molar-refractivity contribution in [2.45, 2.75) is 51.9 Å². The SMILES string of the molecule is Cc1ccc2cc([C@H](c3nnnn3C[C@H]3CCCO3)N3CCN(Cc4ccccc4)CC3)c(=O)[nH]c2c1C. The van der Waals surface area contributed by atoms with Gasteiger partial charge in [-0.2, -0.15) is 0 Å². The molecule has 198 valence electrons. The van der Waals surface area contributed by atoms with Gasteiger partial charge >= 0.3 is 0 Å². The predicted molar refractivity (Wildman–Crippen MR) is 146 cm³/mol. The number of rotatable bonds is 7. The van der Waals surface area contributed by atoms with Crippen molar-refractivity contribution >= 4 is 10.9 Å². The summed E-state index contributed by atoms with van der Waals surface area (Å²) in [4.78, 5) is 21.7. The van der Waals surface area contributed by atoms with Crippen LogP contribution in [-0.2, 0) is 17.8 Å². The zero-order valence-electron chi connectivity index (χ0n) is 22.1. The Labute approximate surface area is 222 Å². The van der Waals surface area contributed by atoms with Gasteiger partial charge in [-0.25, -0.2) is 4.68 Å². The van der Waals surface area contributed by atoms with Crippen molar-refractivity contribution in [2.24, 2.45) is 0 Å². The number of aromatic nitrogens is 5. The van der Waals surface area contributed by atoms with Gasteiger partial charge in [0.2, 0.25) is 0 Å². The second-order valence-corrected chi connectivity index (χ2v) is 10.6. The van der Waals surface area contributed by atoms with Crippen LogP contribution in [0.1, 0.15) is 47.0 Å². The number of nitrogens with zero attached hydrogens (tertiary/aromatic N) is 6. The zero-order chi connectivity index (χ0) is 26.1. The van der Waals surface area contributed by atoms with Crippen molar-refractivity contribution in [3.63, 3.8) is 0 Å².